The third-order valence-electron chi connectivity index (χ3n) is 8.47. The van der Waals surface area contributed by atoms with Crippen LogP contribution in [0.1, 0.15) is 51.5 Å². The molecule has 0 spiro atoms. The van der Waals surface area contributed by atoms with Gasteiger partial charge in [0.2, 0.25) is 10.0 Å². The molecule has 45 heavy (non-hydrogen) atoms. The van der Waals surface area contributed by atoms with Gasteiger partial charge in [-0.25, -0.2) is 8.42 Å². The van der Waals surface area contributed by atoms with Gasteiger partial charge in [-0.3, -0.25) is 14.7 Å². The van der Waals surface area contributed by atoms with Gasteiger partial charge in [-0.1, -0.05) is 44.2 Å². The maximum Gasteiger partial charge on any atom is 0.272 e. The molecule has 2 aliphatic heterocycles. The lowest BCUT2D eigenvalue weighted by molar-refractivity contribution is 0.102. The Morgan fingerprint density at radius 1 is 0.956 bits per heavy atom. The number of nitrogens with zero attached hydrogens (tertiary/aromatic N) is 4. The molecular formula is C32H38N8O4S. The number of carbonyl (C=O) groups is 2. The van der Waals surface area contributed by atoms with Crippen molar-refractivity contribution in [2.75, 3.05) is 55.3 Å². The van der Waals surface area contributed by atoms with Gasteiger partial charge in [-0.15, -0.1) is 0 Å². The second kappa shape index (κ2) is 12.1. The van der Waals surface area contributed by atoms with Gasteiger partial charge < -0.3 is 25.4 Å². The Morgan fingerprint density at radius 2 is 1.71 bits per heavy atom. The summed E-state index contributed by atoms with van der Waals surface area (Å²) in [6.45, 7) is 7.70. The first kappa shape index (κ1) is 30.6. The van der Waals surface area contributed by atoms with E-state index >= 15 is 0 Å². The molecule has 6 rings (SSSR count). The number of hydrogen-bond acceptors (Lipinski definition) is 7. The number of fused-ring (bicyclic) bond motifs is 1. The SMILES string of the molecule is CN1CCN(c2ccc(C(=O)Nc3n[nH]c4c3CN(S(=O)(=O)Cc3ccccc3)CC4(C)C)c(NC(=O)c3ccc[nH]3)c2)CC1. The number of aromatic nitrogens is 3. The zero-order valence-corrected chi connectivity index (χ0v) is 26.4. The Kier molecular flexibility index (Phi) is 8.25. The van der Waals surface area contributed by atoms with Gasteiger partial charge in [-0.05, 0) is 42.9 Å². The molecular weight excluding hydrogens is 592 g/mol. The predicted octanol–water partition coefficient (Wildman–Crippen LogP) is 3.62. The van der Waals surface area contributed by atoms with Gasteiger partial charge in [0.1, 0.15) is 5.69 Å². The fourth-order valence-electron chi connectivity index (χ4n) is 5.94. The van der Waals surface area contributed by atoms with Crippen LogP contribution in [-0.4, -0.2) is 84.4 Å². The van der Waals surface area contributed by atoms with Crippen molar-refractivity contribution in [1.82, 2.24) is 24.4 Å². The molecule has 0 unspecified atom stereocenters. The van der Waals surface area contributed by atoms with Gasteiger partial charge in [0.15, 0.2) is 5.82 Å². The van der Waals surface area contributed by atoms with E-state index in [4.69, 9.17) is 0 Å². The number of aromatic amines is 2. The highest BCUT2D eigenvalue weighted by molar-refractivity contribution is 7.88. The van der Waals surface area contributed by atoms with Gasteiger partial charge >= 0.3 is 0 Å². The fraction of sp³-hybridized carbons (Fsp3) is 0.344. The van der Waals surface area contributed by atoms with E-state index < -0.39 is 21.3 Å². The predicted molar refractivity (Wildman–Crippen MR) is 174 cm³/mol. The van der Waals surface area contributed by atoms with Crippen LogP contribution < -0.4 is 15.5 Å². The van der Waals surface area contributed by atoms with E-state index in [0.29, 0.717) is 22.5 Å². The van der Waals surface area contributed by atoms with E-state index in [-0.39, 0.29) is 36.1 Å². The van der Waals surface area contributed by atoms with Crippen molar-refractivity contribution in [3.63, 3.8) is 0 Å². The lowest BCUT2D eigenvalue weighted by Crippen LogP contribution is -2.45. The van der Waals surface area contributed by atoms with Crippen LogP contribution in [0.2, 0.25) is 0 Å². The summed E-state index contributed by atoms with van der Waals surface area (Å²) in [6.07, 6.45) is 1.66. The van der Waals surface area contributed by atoms with Crippen molar-refractivity contribution in [3.8, 4) is 0 Å². The van der Waals surface area contributed by atoms with E-state index in [1.54, 1.807) is 36.5 Å². The Balaban J connectivity index is 1.27. The Bertz CT molecular complexity index is 1790. The van der Waals surface area contributed by atoms with Crippen molar-refractivity contribution in [2.24, 2.45) is 0 Å². The molecule has 1 fully saturated rings. The lowest BCUT2D eigenvalue weighted by atomic mass is 9.84. The summed E-state index contributed by atoms with van der Waals surface area (Å²) in [4.78, 5) is 34.3. The highest BCUT2D eigenvalue weighted by atomic mass is 32.2. The smallest absolute Gasteiger partial charge is 0.272 e. The summed E-state index contributed by atoms with van der Waals surface area (Å²) in [5.74, 6) is -0.712. The van der Waals surface area contributed by atoms with Crippen LogP contribution in [0.5, 0.6) is 0 Å². The number of amides is 2. The molecule has 4 N–H and O–H groups in total. The molecule has 2 aliphatic rings. The first-order valence-electron chi connectivity index (χ1n) is 14.9. The maximum atomic E-state index is 13.8. The van der Waals surface area contributed by atoms with Crippen LogP contribution in [0.15, 0.2) is 66.9 Å². The minimum Gasteiger partial charge on any atom is -0.369 e. The summed E-state index contributed by atoms with van der Waals surface area (Å²) in [7, 11) is -1.58. The van der Waals surface area contributed by atoms with E-state index in [1.165, 1.54) is 4.31 Å². The average Bonchev–Trinajstić information content (AvgIpc) is 3.69. The Morgan fingerprint density at radius 3 is 2.42 bits per heavy atom. The van der Waals surface area contributed by atoms with E-state index in [2.05, 4.69) is 42.7 Å². The molecule has 13 heteroatoms. The summed E-state index contributed by atoms with van der Waals surface area (Å²) >= 11 is 0. The van der Waals surface area contributed by atoms with Crippen molar-refractivity contribution in [2.45, 2.75) is 31.6 Å². The van der Waals surface area contributed by atoms with Crippen molar-refractivity contribution >= 4 is 39.0 Å². The lowest BCUT2D eigenvalue weighted by Gasteiger charge is -2.37. The standard InChI is InChI=1S/C32H38N8O4S/c1-32(2)21-40(45(43,44)20-22-8-5-4-6-9-22)19-25-28(32)36-37-29(25)35-30(41)24-12-11-23(39-16-14-38(3)15-17-39)18-27(24)34-31(42)26-10-7-13-33-26/h4-13,18,33H,14-17,19-21H2,1-3H3,(H,34,42)(H2,35,36,37,41). The van der Waals surface area contributed by atoms with Crippen LogP contribution in [0, 0.1) is 0 Å². The molecule has 2 amide bonds. The zero-order valence-electron chi connectivity index (χ0n) is 25.6. The summed E-state index contributed by atoms with van der Waals surface area (Å²) in [6, 6.07) is 17.9. The molecule has 4 aromatic rings. The molecule has 0 bridgehead atoms. The van der Waals surface area contributed by atoms with E-state index in [1.807, 2.05) is 44.2 Å². The molecule has 0 aliphatic carbocycles. The molecule has 0 saturated carbocycles. The van der Waals surface area contributed by atoms with Crippen molar-refractivity contribution in [3.05, 3.63) is 94.9 Å². The molecule has 2 aromatic heterocycles. The normalized spacial score (nSPS) is 17.1. The molecule has 1 saturated heterocycles. The topological polar surface area (TPSA) is 147 Å². The minimum absolute atomic E-state index is 0.0683. The number of likely N-dealkylation sites (N-methyl/N-ethyl adjacent to an activating group) is 1. The van der Waals surface area contributed by atoms with Gasteiger partial charge in [0, 0.05) is 67.8 Å². The third kappa shape index (κ3) is 6.51. The van der Waals surface area contributed by atoms with Crippen LogP contribution >= 0.6 is 0 Å². The van der Waals surface area contributed by atoms with Crippen LogP contribution in [-0.2, 0) is 27.7 Å². The number of carbonyl (C=O) groups excluding carboxylic acids is 2. The van der Waals surface area contributed by atoms with Crippen LogP contribution in [0.3, 0.4) is 0 Å². The van der Waals surface area contributed by atoms with Crippen LogP contribution in [0.4, 0.5) is 17.2 Å². The second-order valence-corrected chi connectivity index (χ2v) is 14.3. The van der Waals surface area contributed by atoms with E-state index in [0.717, 1.165) is 37.6 Å². The first-order valence-corrected chi connectivity index (χ1v) is 16.5. The summed E-state index contributed by atoms with van der Waals surface area (Å²) < 4.78 is 28.5. The van der Waals surface area contributed by atoms with E-state index in [9.17, 15) is 18.0 Å². The Hall–Kier alpha value is -4.46. The molecule has 236 valence electrons. The van der Waals surface area contributed by atoms with Gasteiger partial charge in [0.05, 0.1) is 17.0 Å². The largest absolute Gasteiger partial charge is 0.369 e. The zero-order chi connectivity index (χ0) is 31.8. The van der Waals surface area contributed by atoms with Crippen molar-refractivity contribution in [1.29, 1.82) is 0 Å². The number of H-pyrrole nitrogens is 2. The van der Waals surface area contributed by atoms with Crippen molar-refractivity contribution < 1.29 is 18.0 Å². The number of anilines is 3. The van der Waals surface area contributed by atoms with Gasteiger partial charge in [0.25, 0.3) is 11.8 Å². The molecule has 0 atom stereocenters. The molecule has 2 aromatic carbocycles. The summed E-state index contributed by atoms with van der Waals surface area (Å²) in [5.41, 5.74) is 3.40. The molecule has 4 heterocycles. The number of nitrogens with one attached hydrogen (secondary N) is 4. The quantitative estimate of drug-likeness (QED) is 0.233. The first-order chi connectivity index (χ1) is 21.5. The maximum absolute atomic E-state index is 13.8. The summed E-state index contributed by atoms with van der Waals surface area (Å²) in [5, 5.41) is 13.3. The number of hydrogen-bond donors (Lipinski definition) is 4. The number of rotatable bonds is 8. The fourth-order valence-corrected chi connectivity index (χ4v) is 7.58. The highest BCUT2D eigenvalue weighted by Crippen LogP contribution is 2.37. The Labute approximate surface area is 262 Å². The number of benzene rings is 2. The van der Waals surface area contributed by atoms with Crippen LogP contribution in [0.25, 0.3) is 0 Å². The third-order valence-corrected chi connectivity index (χ3v) is 10.2. The van der Waals surface area contributed by atoms with Gasteiger partial charge in [-0.2, -0.15) is 9.40 Å². The highest BCUT2D eigenvalue weighted by Gasteiger charge is 2.40. The monoisotopic (exact) mass is 630 g/mol. The minimum atomic E-state index is -3.67. The number of piperazine rings is 1. The molecule has 12 nitrogen and oxygen atoms in total. The average molecular weight is 631 g/mol. The second-order valence-electron chi connectivity index (χ2n) is 12.3. The number of sulfonamides is 1. The molecule has 0 radical (unpaired) electrons.